The van der Waals surface area contributed by atoms with Gasteiger partial charge in [-0.1, -0.05) is 0 Å². The van der Waals surface area contributed by atoms with E-state index in [1.165, 1.54) is 16.4 Å². The van der Waals surface area contributed by atoms with Crippen LogP contribution in [0.25, 0.3) is 0 Å². The largest absolute Gasteiger partial charge is 0.354 e. The molecule has 1 spiro atoms. The lowest BCUT2D eigenvalue weighted by molar-refractivity contribution is -0.178. The zero-order valence-electron chi connectivity index (χ0n) is 12.4. The van der Waals surface area contributed by atoms with Crippen molar-refractivity contribution in [1.82, 2.24) is 9.21 Å². The van der Waals surface area contributed by atoms with Crippen molar-refractivity contribution in [1.29, 1.82) is 0 Å². The highest BCUT2D eigenvalue weighted by atomic mass is 32.2. The molecule has 0 aliphatic carbocycles. The lowest BCUT2D eigenvalue weighted by atomic mass is 10.0. The molecule has 8 heteroatoms. The van der Waals surface area contributed by atoms with E-state index in [-0.39, 0.29) is 17.2 Å². The van der Waals surface area contributed by atoms with E-state index in [1.54, 1.807) is 4.90 Å². The molecule has 4 rings (SSSR count). The van der Waals surface area contributed by atoms with E-state index in [9.17, 15) is 17.6 Å². The molecule has 1 aromatic rings. The van der Waals surface area contributed by atoms with Crippen LogP contribution >= 0.6 is 0 Å². The molecule has 0 saturated carbocycles. The maximum absolute atomic E-state index is 13.1. The van der Waals surface area contributed by atoms with Crippen molar-refractivity contribution < 1.29 is 22.3 Å². The average molecular weight is 340 g/mol. The molecule has 0 N–H and O–H groups in total. The number of ether oxygens (including phenoxy) is 1. The zero-order valence-corrected chi connectivity index (χ0v) is 13.3. The highest BCUT2D eigenvalue weighted by Crippen LogP contribution is 2.46. The fraction of sp³-hybridized carbons (Fsp3) is 0.533. The Bertz CT molecular complexity index is 751. The Morgan fingerprint density at radius 1 is 1.22 bits per heavy atom. The molecule has 3 aliphatic rings. The molecule has 0 aromatic heterocycles. The first-order valence-corrected chi connectivity index (χ1v) is 9.11. The molecule has 1 aromatic carbocycles. The van der Waals surface area contributed by atoms with Crippen LogP contribution < -0.4 is 0 Å². The third-order valence-corrected chi connectivity index (χ3v) is 6.91. The van der Waals surface area contributed by atoms with Gasteiger partial charge in [-0.15, -0.1) is 0 Å². The minimum absolute atomic E-state index is 0.0395. The van der Waals surface area contributed by atoms with Gasteiger partial charge >= 0.3 is 0 Å². The van der Waals surface area contributed by atoms with Gasteiger partial charge in [0.25, 0.3) is 0 Å². The summed E-state index contributed by atoms with van der Waals surface area (Å²) >= 11 is 0. The van der Waals surface area contributed by atoms with Gasteiger partial charge in [0.15, 0.2) is 5.72 Å². The number of carbonyl (C=O) groups excluding carboxylic acids is 1. The number of amides is 1. The number of nitrogens with zero attached hydrogens (tertiary/aromatic N) is 2. The molecule has 23 heavy (non-hydrogen) atoms. The van der Waals surface area contributed by atoms with E-state index in [0.29, 0.717) is 26.1 Å². The van der Waals surface area contributed by atoms with Gasteiger partial charge in [0.1, 0.15) is 5.82 Å². The minimum atomic E-state index is -3.78. The summed E-state index contributed by atoms with van der Waals surface area (Å²) in [4.78, 5) is 14.0. The SMILES string of the molecule is O=C1C[C@H]2N(S(=O)(=O)c3ccc(F)cc3)CC[C@]23OCCCN13. The summed E-state index contributed by atoms with van der Waals surface area (Å²) in [7, 11) is -3.78. The van der Waals surface area contributed by atoms with Gasteiger partial charge in [0.2, 0.25) is 15.9 Å². The van der Waals surface area contributed by atoms with Gasteiger partial charge in [-0.05, 0) is 30.7 Å². The third kappa shape index (κ3) is 2.05. The predicted octanol–water partition coefficient (Wildman–Crippen LogP) is 0.938. The number of benzene rings is 1. The monoisotopic (exact) mass is 340 g/mol. The Morgan fingerprint density at radius 3 is 2.70 bits per heavy atom. The Hall–Kier alpha value is -1.51. The maximum Gasteiger partial charge on any atom is 0.243 e. The summed E-state index contributed by atoms with van der Waals surface area (Å²) < 4.78 is 46.1. The molecule has 0 unspecified atom stereocenters. The Labute approximate surface area is 133 Å². The molecule has 1 amide bonds. The van der Waals surface area contributed by atoms with Crippen molar-refractivity contribution >= 4 is 15.9 Å². The van der Waals surface area contributed by atoms with Crippen LogP contribution in [-0.2, 0) is 19.6 Å². The first kappa shape index (κ1) is 15.0. The van der Waals surface area contributed by atoms with Gasteiger partial charge in [-0.25, -0.2) is 12.8 Å². The number of carbonyl (C=O) groups is 1. The maximum atomic E-state index is 13.1. The van der Waals surface area contributed by atoms with Crippen molar-refractivity contribution in [3.63, 3.8) is 0 Å². The highest BCUT2D eigenvalue weighted by Gasteiger charge is 2.63. The fourth-order valence-corrected chi connectivity index (χ4v) is 5.60. The van der Waals surface area contributed by atoms with Crippen molar-refractivity contribution in [2.24, 2.45) is 0 Å². The van der Waals surface area contributed by atoms with E-state index in [4.69, 9.17) is 4.74 Å². The average Bonchev–Trinajstić information content (AvgIpc) is 3.00. The van der Waals surface area contributed by atoms with Crippen molar-refractivity contribution in [3.05, 3.63) is 30.1 Å². The summed E-state index contributed by atoms with van der Waals surface area (Å²) in [5, 5.41) is 0. The summed E-state index contributed by atoms with van der Waals surface area (Å²) in [6.45, 7) is 1.44. The molecule has 0 bridgehead atoms. The molecule has 124 valence electrons. The first-order valence-electron chi connectivity index (χ1n) is 7.67. The van der Waals surface area contributed by atoms with E-state index in [1.807, 2.05) is 0 Å². The van der Waals surface area contributed by atoms with Crippen LogP contribution in [0.4, 0.5) is 4.39 Å². The lowest BCUT2D eigenvalue weighted by Gasteiger charge is -2.42. The van der Waals surface area contributed by atoms with Crippen LogP contribution in [0.3, 0.4) is 0 Å². The van der Waals surface area contributed by atoms with Crippen LogP contribution in [-0.4, -0.2) is 55.0 Å². The summed E-state index contributed by atoms with van der Waals surface area (Å²) in [5.41, 5.74) is -0.817. The van der Waals surface area contributed by atoms with Gasteiger partial charge < -0.3 is 9.64 Å². The molecule has 3 saturated heterocycles. The van der Waals surface area contributed by atoms with E-state index >= 15 is 0 Å². The van der Waals surface area contributed by atoms with Crippen LogP contribution in [0.5, 0.6) is 0 Å². The van der Waals surface area contributed by atoms with E-state index < -0.39 is 27.6 Å². The molecule has 3 aliphatic heterocycles. The molecule has 3 fully saturated rings. The molecule has 0 radical (unpaired) electrons. The molecule has 2 atom stereocenters. The molecular formula is C15H17FN2O4S. The first-order chi connectivity index (χ1) is 10.9. The van der Waals surface area contributed by atoms with Gasteiger partial charge in [0.05, 0.1) is 17.5 Å². The highest BCUT2D eigenvalue weighted by molar-refractivity contribution is 7.89. The zero-order chi connectivity index (χ0) is 16.2. The Balaban J connectivity index is 1.71. The molecule has 6 nitrogen and oxygen atoms in total. The smallest absolute Gasteiger partial charge is 0.243 e. The van der Waals surface area contributed by atoms with E-state index in [0.717, 1.165) is 18.6 Å². The van der Waals surface area contributed by atoms with Crippen molar-refractivity contribution in [3.8, 4) is 0 Å². The topological polar surface area (TPSA) is 66.9 Å². The lowest BCUT2D eigenvalue weighted by Crippen LogP contribution is -2.56. The van der Waals surface area contributed by atoms with E-state index in [2.05, 4.69) is 0 Å². The summed E-state index contributed by atoms with van der Waals surface area (Å²) in [6.07, 6.45) is 1.38. The Morgan fingerprint density at radius 2 is 1.96 bits per heavy atom. The minimum Gasteiger partial charge on any atom is -0.354 e. The number of hydrogen-bond acceptors (Lipinski definition) is 4. The standard InChI is InChI=1S/C15H17FN2O4S/c16-11-2-4-12(5-3-11)23(20,21)18-8-6-15-13(18)10-14(19)17(15)7-1-9-22-15/h2-5,13H,1,6-10H2/t13-,15+/m1/s1. The van der Waals surface area contributed by atoms with Gasteiger partial charge in [-0.2, -0.15) is 4.31 Å². The second-order valence-corrected chi connectivity index (χ2v) is 8.02. The van der Waals surface area contributed by atoms with Crippen LogP contribution in [0, 0.1) is 5.82 Å². The predicted molar refractivity (Wildman–Crippen MR) is 78.3 cm³/mol. The van der Waals surface area contributed by atoms with Gasteiger partial charge in [-0.3, -0.25) is 4.79 Å². The molecule has 3 heterocycles. The number of sulfonamides is 1. The summed E-state index contributed by atoms with van der Waals surface area (Å²) in [6, 6.07) is 4.26. The second kappa shape index (κ2) is 4.99. The normalized spacial score (nSPS) is 31.3. The number of hydrogen-bond donors (Lipinski definition) is 0. The third-order valence-electron chi connectivity index (χ3n) is 4.98. The van der Waals surface area contributed by atoms with Crippen LogP contribution in [0.15, 0.2) is 29.2 Å². The fourth-order valence-electron chi connectivity index (χ4n) is 3.94. The number of halogens is 1. The van der Waals surface area contributed by atoms with Crippen molar-refractivity contribution in [2.75, 3.05) is 19.7 Å². The second-order valence-electron chi connectivity index (χ2n) is 6.13. The Kier molecular flexibility index (Phi) is 3.26. The van der Waals surface area contributed by atoms with Crippen LogP contribution in [0.2, 0.25) is 0 Å². The van der Waals surface area contributed by atoms with Gasteiger partial charge in [0, 0.05) is 25.9 Å². The quantitative estimate of drug-likeness (QED) is 0.804. The number of rotatable bonds is 2. The van der Waals surface area contributed by atoms with Crippen LogP contribution in [0.1, 0.15) is 19.3 Å². The summed E-state index contributed by atoms with van der Waals surface area (Å²) in [5.74, 6) is -0.548. The molecular weight excluding hydrogens is 323 g/mol. The van der Waals surface area contributed by atoms with Crippen molar-refractivity contribution in [2.45, 2.75) is 35.9 Å².